The van der Waals surface area contributed by atoms with Gasteiger partial charge >= 0.3 is 0 Å². The first kappa shape index (κ1) is 12.7. The van der Waals surface area contributed by atoms with Crippen LogP contribution in [0.4, 0.5) is 11.4 Å². The van der Waals surface area contributed by atoms with Crippen molar-refractivity contribution < 1.29 is 0 Å². The van der Waals surface area contributed by atoms with Gasteiger partial charge in [0.2, 0.25) is 0 Å². The van der Waals surface area contributed by atoms with Crippen LogP contribution in [-0.4, -0.2) is 17.6 Å². The molecule has 3 nitrogen and oxygen atoms in total. The highest BCUT2D eigenvalue weighted by atomic mass is 15.2. The SMILES string of the molecule is CCC(C)(C)N(C)c1ccc2ncccc2c1N. The molecular weight excluding hydrogens is 222 g/mol. The molecule has 18 heavy (non-hydrogen) atoms. The normalized spacial score (nSPS) is 11.8. The Morgan fingerprint density at radius 1 is 1.28 bits per heavy atom. The summed E-state index contributed by atoms with van der Waals surface area (Å²) in [5, 5.41) is 1.02. The number of nitrogens with two attached hydrogens (primary N) is 1. The van der Waals surface area contributed by atoms with Gasteiger partial charge in [0.25, 0.3) is 0 Å². The molecule has 2 aromatic rings. The van der Waals surface area contributed by atoms with Gasteiger partial charge in [-0.25, -0.2) is 0 Å². The van der Waals surface area contributed by atoms with Gasteiger partial charge in [-0.05, 0) is 44.5 Å². The van der Waals surface area contributed by atoms with Crippen molar-refractivity contribution in [2.45, 2.75) is 32.7 Å². The largest absolute Gasteiger partial charge is 0.396 e. The van der Waals surface area contributed by atoms with Crippen LogP contribution in [0.5, 0.6) is 0 Å². The summed E-state index contributed by atoms with van der Waals surface area (Å²) in [6.45, 7) is 6.63. The molecule has 0 atom stereocenters. The highest BCUT2D eigenvalue weighted by Crippen LogP contribution is 2.34. The molecule has 0 spiro atoms. The van der Waals surface area contributed by atoms with Crippen molar-refractivity contribution in [1.82, 2.24) is 4.98 Å². The van der Waals surface area contributed by atoms with Crippen LogP contribution >= 0.6 is 0 Å². The van der Waals surface area contributed by atoms with Gasteiger partial charge in [0.05, 0.1) is 16.9 Å². The van der Waals surface area contributed by atoms with E-state index in [1.54, 1.807) is 6.20 Å². The summed E-state index contributed by atoms with van der Waals surface area (Å²) in [6.07, 6.45) is 2.86. The monoisotopic (exact) mass is 243 g/mol. The minimum atomic E-state index is 0.0873. The van der Waals surface area contributed by atoms with Gasteiger partial charge < -0.3 is 10.6 Å². The van der Waals surface area contributed by atoms with Crippen molar-refractivity contribution in [1.29, 1.82) is 0 Å². The number of fused-ring (bicyclic) bond motifs is 1. The van der Waals surface area contributed by atoms with E-state index in [-0.39, 0.29) is 5.54 Å². The smallest absolute Gasteiger partial charge is 0.0724 e. The van der Waals surface area contributed by atoms with Gasteiger partial charge in [0.1, 0.15) is 0 Å². The molecule has 0 saturated heterocycles. The first-order chi connectivity index (χ1) is 8.47. The van der Waals surface area contributed by atoms with E-state index in [1.807, 2.05) is 18.2 Å². The van der Waals surface area contributed by atoms with Crippen LogP contribution in [0, 0.1) is 0 Å². The summed E-state index contributed by atoms with van der Waals surface area (Å²) in [4.78, 5) is 6.57. The molecule has 0 unspecified atom stereocenters. The molecule has 0 aliphatic heterocycles. The van der Waals surface area contributed by atoms with Gasteiger partial charge in [0.15, 0.2) is 0 Å². The van der Waals surface area contributed by atoms with E-state index in [2.05, 4.69) is 43.8 Å². The van der Waals surface area contributed by atoms with Gasteiger partial charge in [-0.3, -0.25) is 4.98 Å². The Balaban J connectivity index is 2.56. The number of anilines is 2. The Kier molecular flexibility index (Phi) is 3.16. The summed E-state index contributed by atoms with van der Waals surface area (Å²) in [7, 11) is 2.09. The second kappa shape index (κ2) is 4.48. The highest BCUT2D eigenvalue weighted by Gasteiger charge is 2.23. The minimum Gasteiger partial charge on any atom is -0.396 e. The lowest BCUT2D eigenvalue weighted by Gasteiger charge is -2.37. The van der Waals surface area contributed by atoms with Crippen molar-refractivity contribution in [2.75, 3.05) is 17.7 Å². The third-order valence-corrected chi connectivity index (χ3v) is 3.94. The van der Waals surface area contributed by atoms with Crippen LogP contribution in [0.2, 0.25) is 0 Å². The van der Waals surface area contributed by atoms with Crippen LogP contribution in [0.15, 0.2) is 30.5 Å². The fraction of sp³-hybridized carbons (Fsp3) is 0.400. The lowest BCUT2D eigenvalue weighted by molar-refractivity contribution is 0.471. The van der Waals surface area contributed by atoms with Crippen LogP contribution in [-0.2, 0) is 0 Å². The van der Waals surface area contributed by atoms with Gasteiger partial charge in [-0.15, -0.1) is 0 Å². The van der Waals surface area contributed by atoms with E-state index in [0.29, 0.717) is 0 Å². The second-order valence-electron chi connectivity index (χ2n) is 5.29. The molecular formula is C15H21N3. The standard InChI is InChI=1S/C15H21N3/c1-5-15(2,3)18(4)13-9-8-12-11(14(13)16)7-6-10-17-12/h6-10H,5,16H2,1-4H3. The maximum Gasteiger partial charge on any atom is 0.0724 e. The molecule has 3 heteroatoms. The van der Waals surface area contributed by atoms with Gasteiger partial charge in [-0.2, -0.15) is 0 Å². The molecule has 2 rings (SSSR count). The van der Waals surface area contributed by atoms with E-state index in [0.717, 1.165) is 28.7 Å². The predicted molar refractivity (Wildman–Crippen MR) is 78.9 cm³/mol. The summed E-state index contributed by atoms with van der Waals surface area (Å²) < 4.78 is 0. The van der Waals surface area contributed by atoms with Crippen molar-refractivity contribution in [3.63, 3.8) is 0 Å². The zero-order valence-electron chi connectivity index (χ0n) is 11.6. The van der Waals surface area contributed by atoms with Crippen LogP contribution in [0.3, 0.4) is 0 Å². The number of pyridine rings is 1. The zero-order valence-corrected chi connectivity index (χ0v) is 11.6. The molecule has 2 N–H and O–H groups in total. The number of nitrogens with zero attached hydrogens (tertiary/aromatic N) is 2. The first-order valence-electron chi connectivity index (χ1n) is 6.34. The molecule has 1 aromatic carbocycles. The molecule has 1 heterocycles. The molecule has 96 valence electrons. The fourth-order valence-corrected chi connectivity index (χ4v) is 2.02. The molecule has 0 aliphatic rings. The lowest BCUT2D eigenvalue weighted by Crippen LogP contribution is -2.40. The Hall–Kier alpha value is -1.77. The third-order valence-electron chi connectivity index (χ3n) is 3.94. The molecule has 0 aliphatic carbocycles. The number of benzene rings is 1. The Labute approximate surface area is 109 Å². The number of rotatable bonds is 3. The number of aromatic nitrogens is 1. The Bertz CT molecular complexity index is 561. The van der Waals surface area contributed by atoms with Gasteiger partial charge in [0, 0.05) is 24.2 Å². The van der Waals surface area contributed by atoms with Crippen LogP contribution < -0.4 is 10.6 Å². The summed E-state index contributed by atoms with van der Waals surface area (Å²) in [5.41, 5.74) is 9.20. The highest BCUT2D eigenvalue weighted by molar-refractivity contribution is 5.97. The number of hydrogen-bond donors (Lipinski definition) is 1. The maximum atomic E-state index is 6.29. The lowest BCUT2D eigenvalue weighted by atomic mass is 9.98. The Morgan fingerprint density at radius 2 is 2.00 bits per heavy atom. The molecule has 0 fully saturated rings. The minimum absolute atomic E-state index is 0.0873. The van der Waals surface area contributed by atoms with Crippen molar-refractivity contribution in [3.05, 3.63) is 30.5 Å². The molecule has 0 bridgehead atoms. The summed E-state index contributed by atoms with van der Waals surface area (Å²) in [5.74, 6) is 0. The summed E-state index contributed by atoms with van der Waals surface area (Å²) in [6, 6.07) is 8.03. The topological polar surface area (TPSA) is 42.2 Å². The van der Waals surface area contributed by atoms with Crippen LogP contribution in [0.1, 0.15) is 27.2 Å². The third kappa shape index (κ3) is 2.01. The van der Waals surface area contributed by atoms with E-state index in [1.165, 1.54) is 0 Å². The second-order valence-corrected chi connectivity index (χ2v) is 5.29. The van der Waals surface area contributed by atoms with Crippen LogP contribution in [0.25, 0.3) is 10.9 Å². The quantitative estimate of drug-likeness (QED) is 0.840. The first-order valence-corrected chi connectivity index (χ1v) is 6.34. The van der Waals surface area contributed by atoms with E-state index >= 15 is 0 Å². The average Bonchev–Trinajstić information content (AvgIpc) is 2.39. The molecule has 0 saturated carbocycles. The zero-order chi connectivity index (χ0) is 13.3. The number of nitrogen functional groups attached to an aromatic ring is 1. The fourth-order valence-electron chi connectivity index (χ4n) is 2.02. The van der Waals surface area contributed by atoms with E-state index in [9.17, 15) is 0 Å². The van der Waals surface area contributed by atoms with E-state index < -0.39 is 0 Å². The molecule has 1 aromatic heterocycles. The Morgan fingerprint density at radius 3 is 2.67 bits per heavy atom. The van der Waals surface area contributed by atoms with Crippen molar-refractivity contribution >= 4 is 22.3 Å². The van der Waals surface area contributed by atoms with Crippen molar-refractivity contribution in [3.8, 4) is 0 Å². The van der Waals surface area contributed by atoms with Gasteiger partial charge in [-0.1, -0.05) is 6.92 Å². The summed E-state index contributed by atoms with van der Waals surface area (Å²) >= 11 is 0. The molecule has 0 radical (unpaired) electrons. The number of hydrogen-bond acceptors (Lipinski definition) is 3. The maximum absolute atomic E-state index is 6.29. The average molecular weight is 243 g/mol. The van der Waals surface area contributed by atoms with Crippen molar-refractivity contribution in [2.24, 2.45) is 0 Å². The molecule has 0 amide bonds. The van der Waals surface area contributed by atoms with E-state index in [4.69, 9.17) is 5.73 Å². The predicted octanol–water partition coefficient (Wildman–Crippen LogP) is 3.44.